The molecule has 1 rings (SSSR count). The zero-order chi connectivity index (χ0) is 11.4. The normalized spacial score (nSPS) is 9.73. The summed E-state index contributed by atoms with van der Waals surface area (Å²) in [4.78, 5) is 10.3. The SMILES string of the molecule is COc1cc(OCC(=O)O)cc(Br)c1O. The summed E-state index contributed by atoms with van der Waals surface area (Å²) in [6.45, 7) is -0.444. The number of hydrogen-bond acceptors (Lipinski definition) is 4. The second-order valence-corrected chi connectivity index (χ2v) is 3.49. The fraction of sp³-hybridized carbons (Fsp3) is 0.222. The summed E-state index contributed by atoms with van der Waals surface area (Å²) in [6.07, 6.45) is 0. The molecule has 0 saturated heterocycles. The molecule has 0 aliphatic heterocycles. The van der Waals surface area contributed by atoms with Gasteiger partial charge in [0.15, 0.2) is 18.1 Å². The molecule has 0 atom stereocenters. The van der Waals surface area contributed by atoms with Crippen LogP contribution in [-0.2, 0) is 4.79 Å². The van der Waals surface area contributed by atoms with Crippen LogP contribution >= 0.6 is 15.9 Å². The highest BCUT2D eigenvalue weighted by Gasteiger charge is 2.10. The van der Waals surface area contributed by atoms with E-state index >= 15 is 0 Å². The number of halogens is 1. The van der Waals surface area contributed by atoms with Gasteiger partial charge in [0.05, 0.1) is 11.6 Å². The van der Waals surface area contributed by atoms with Crippen molar-refractivity contribution in [1.82, 2.24) is 0 Å². The molecule has 5 nitrogen and oxygen atoms in total. The second-order valence-electron chi connectivity index (χ2n) is 2.64. The Balaban J connectivity index is 2.90. The predicted octanol–water partition coefficient (Wildman–Crippen LogP) is 1.63. The number of aromatic hydroxyl groups is 1. The largest absolute Gasteiger partial charge is 0.503 e. The molecule has 0 aliphatic rings. The standard InChI is InChI=1S/C9H9BrO5/c1-14-7-3-5(15-4-8(11)12)2-6(10)9(7)13/h2-3,13H,4H2,1H3,(H,11,12). The summed E-state index contributed by atoms with van der Waals surface area (Å²) in [7, 11) is 1.39. The summed E-state index contributed by atoms with van der Waals surface area (Å²) >= 11 is 3.09. The highest BCUT2D eigenvalue weighted by molar-refractivity contribution is 9.10. The first-order valence-corrected chi connectivity index (χ1v) is 4.75. The van der Waals surface area contributed by atoms with Gasteiger partial charge in [0.2, 0.25) is 0 Å². The van der Waals surface area contributed by atoms with Crippen LogP contribution in [0.5, 0.6) is 17.2 Å². The molecule has 0 radical (unpaired) electrons. The van der Waals surface area contributed by atoms with E-state index in [2.05, 4.69) is 15.9 Å². The molecule has 0 amide bonds. The number of rotatable bonds is 4. The Morgan fingerprint density at radius 1 is 1.53 bits per heavy atom. The van der Waals surface area contributed by atoms with Crippen molar-refractivity contribution in [1.29, 1.82) is 0 Å². The van der Waals surface area contributed by atoms with Crippen molar-refractivity contribution in [3.8, 4) is 17.2 Å². The predicted molar refractivity (Wildman–Crippen MR) is 55.5 cm³/mol. The number of methoxy groups -OCH3 is 1. The van der Waals surface area contributed by atoms with Crippen LogP contribution in [0.1, 0.15) is 0 Å². The first-order valence-electron chi connectivity index (χ1n) is 3.95. The third kappa shape index (κ3) is 3.02. The minimum atomic E-state index is -1.07. The molecule has 2 N–H and O–H groups in total. The highest BCUT2D eigenvalue weighted by Crippen LogP contribution is 2.37. The number of benzene rings is 1. The molecule has 15 heavy (non-hydrogen) atoms. The minimum absolute atomic E-state index is 0.0554. The van der Waals surface area contributed by atoms with E-state index in [9.17, 15) is 9.90 Å². The lowest BCUT2D eigenvalue weighted by Gasteiger charge is -2.08. The van der Waals surface area contributed by atoms with Gasteiger partial charge in [-0.15, -0.1) is 0 Å². The summed E-state index contributed by atoms with van der Waals surface area (Å²) in [6, 6.07) is 2.86. The monoisotopic (exact) mass is 276 g/mol. The van der Waals surface area contributed by atoms with E-state index in [-0.39, 0.29) is 11.5 Å². The van der Waals surface area contributed by atoms with Crippen molar-refractivity contribution in [3.63, 3.8) is 0 Å². The maximum absolute atomic E-state index is 10.3. The third-order valence-corrected chi connectivity index (χ3v) is 2.19. The average molecular weight is 277 g/mol. The highest BCUT2D eigenvalue weighted by atomic mass is 79.9. The first-order chi connectivity index (χ1) is 7.04. The summed E-state index contributed by atoms with van der Waals surface area (Å²) in [5, 5.41) is 17.9. The van der Waals surface area contributed by atoms with Crippen molar-refractivity contribution in [2.75, 3.05) is 13.7 Å². The van der Waals surface area contributed by atoms with E-state index < -0.39 is 12.6 Å². The van der Waals surface area contributed by atoms with Crippen molar-refractivity contribution in [3.05, 3.63) is 16.6 Å². The summed E-state index contributed by atoms with van der Waals surface area (Å²) < 4.78 is 10.2. The maximum Gasteiger partial charge on any atom is 0.341 e. The van der Waals surface area contributed by atoms with Gasteiger partial charge in [-0.2, -0.15) is 0 Å². The lowest BCUT2D eigenvalue weighted by atomic mass is 10.3. The number of phenols is 1. The van der Waals surface area contributed by atoms with E-state index in [4.69, 9.17) is 14.6 Å². The van der Waals surface area contributed by atoms with Crippen LogP contribution in [0.15, 0.2) is 16.6 Å². The topological polar surface area (TPSA) is 76.0 Å². The zero-order valence-corrected chi connectivity index (χ0v) is 9.44. The molecule has 0 unspecified atom stereocenters. The summed E-state index contributed by atoms with van der Waals surface area (Å²) in [5.41, 5.74) is 0. The van der Waals surface area contributed by atoms with Crippen LogP contribution in [0.2, 0.25) is 0 Å². The Kier molecular flexibility index (Phi) is 3.79. The van der Waals surface area contributed by atoms with Crippen LogP contribution in [0.3, 0.4) is 0 Å². The third-order valence-electron chi connectivity index (χ3n) is 1.58. The molecule has 0 aliphatic carbocycles. The molecule has 0 saturated carbocycles. The quantitative estimate of drug-likeness (QED) is 0.874. The zero-order valence-electron chi connectivity index (χ0n) is 7.86. The van der Waals surface area contributed by atoms with Gasteiger partial charge in [0, 0.05) is 6.07 Å². The Hall–Kier alpha value is -1.43. The Labute approximate surface area is 94.4 Å². The minimum Gasteiger partial charge on any atom is -0.503 e. The molecule has 0 spiro atoms. The number of ether oxygens (including phenoxy) is 2. The molecule has 1 aromatic rings. The number of phenolic OH excluding ortho intramolecular Hbond substituents is 1. The number of carboxylic acid groups (broad SMARTS) is 1. The molecule has 0 bridgehead atoms. The van der Waals surface area contributed by atoms with Gasteiger partial charge in [-0.25, -0.2) is 4.79 Å². The second kappa shape index (κ2) is 4.88. The molecule has 82 valence electrons. The van der Waals surface area contributed by atoms with Crippen molar-refractivity contribution in [2.45, 2.75) is 0 Å². The van der Waals surface area contributed by atoms with Gasteiger partial charge in [0.1, 0.15) is 5.75 Å². The van der Waals surface area contributed by atoms with Crippen molar-refractivity contribution >= 4 is 21.9 Å². The molecule has 1 aromatic carbocycles. The number of aliphatic carboxylic acids is 1. The maximum atomic E-state index is 10.3. The van der Waals surface area contributed by atoms with Gasteiger partial charge in [-0.1, -0.05) is 0 Å². The fourth-order valence-electron chi connectivity index (χ4n) is 0.934. The molecule has 0 fully saturated rings. The lowest BCUT2D eigenvalue weighted by molar-refractivity contribution is -0.139. The fourth-order valence-corrected chi connectivity index (χ4v) is 1.36. The molecule has 6 heteroatoms. The van der Waals surface area contributed by atoms with E-state index in [1.165, 1.54) is 19.2 Å². The molecular weight excluding hydrogens is 268 g/mol. The number of hydrogen-bond donors (Lipinski definition) is 2. The van der Waals surface area contributed by atoms with Gasteiger partial charge in [-0.05, 0) is 22.0 Å². The van der Waals surface area contributed by atoms with Crippen LogP contribution < -0.4 is 9.47 Å². The number of carboxylic acids is 1. The van der Waals surface area contributed by atoms with Crippen LogP contribution in [0.25, 0.3) is 0 Å². The van der Waals surface area contributed by atoms with Crippen LogP contribution in [0, 0.1) is 0 Å². The van der Waals surface area contributed by atoms with E-state index in [1.807, 2.05) is 0 Å². The Bertz CT molecular complexity index is 377. The van der Waals surface area contributed by atoms with Crippen molar-refractivity contribution in [2.24, 2.45) is 0 Å². The van der Waals surface area contributed by atoms with Crippen LogP contribution in [-0.4, -0.2) is 29.9 Å². The summed E-state index contributed by atoms with van der Waals surface area (Å²) in [5.74, 6) is -0.609. The van der Waals surface area contributed by atoms with E-state index in [0.29, 0.717) is 10.2 Å². The first kappa shape index (κ1) is 11.6. The van der Waals surface area contributed by atoms with Gasteiger partial charge >= 0.3 is 5.97 Å². The van der Waals surface area contributed by atoms with E-state index in [1.54, 1.807) is 0 Å². The van der Waals surface area contributed by atoms with Crippen LogP contribution in [0.4, 0.5) is 0 Å². The average Bonchev–Trinajstić information content (AvgIpc) is 2.19. The molecular formula is C9H9BrO5. The van der Waals surface area contributed by atoms with Gasteiger partial charge < -0.3 is 19.7 Å². The van der Waals surface area contributed by atoms with E-state index in [0.717, 1.165) is 0 Å². The Morgan fingerprint density at radius 3 is 2.73 bits per heavy atom. The smallest absolute Gasteiger partial charge is 0.341 e. The van der Waals surface area contributed by atoms with Gasteiger partial charge in [0.25, 0.3) is 0 Å². The molecule has 0 aromatic heterocycles. The number of carbonyl (C=O) groups is 1. The lowest BCUT2D eigenvalue weighted by Crippen LogP contribution is -2.09. The van der Waals surface area contributed by atoms with Gasteiger partial charge in [-0.3, -0.25) is 0 Å². The van der Waals surface area contributed by atoms with Crippen molar-refractivity contribution < 1.29 is 24.5 Å². The Morgan fingerprint density at radius 2 is 2.20 bits per heavy atom. The molecule has 0 heterocycles.